The van der Waals surface area contributed by atoms with Crippen LogP contribution in [-0.4, -0.2) is 43.4 Å². The summed E-state index contributed by atoms with van der Waals surface area (Å²) in [5, 5.41) is 12.1. The van der Waals surface area contributed by atoms with Crippen LogP contribution in [0.15, 0.2) is 30.4 Å². The summed E-state index contributed by atoms with van der Waals surface area (Å²) in [6, 6.07) is 5.34. The molecule has 7 nitrogen and oxygen atoms in total. The van der Waals surface area contributed by atoms with Gasteiger partial charge in [-0.25, -0.2) is 0 Å². The Labute approximate surface area is 139 Å². The van der Waals surface area contributed by atoms with E-state index in [4.69, 9.17) is 14.2 Å². The van der Waals surface area contributed by atoms with Crippen LogP contribution in [-0.2, 0) is 20.9 Å². The third kappa shape index (κ3) is 2.82. The Kier molecular flexibility index (Phi) is 4.44. The summed E-state index contributed by atoms with van der Waals surface area (Å²) in [5.74, 6) is -1.72. The van der Waals surface area contributed by atoms with E-state index in [0.29, 0.717) is 11.5 Å². The molecule has 1 aromatic carbocycles. The largest absolute Gasteiger partial charge is 0.493 e. The zero-order valence-corrected chi connectivity index (χ0v) is 13.4. The van der Waals surface area contributed by atoms with E-state index in [1.54, 1.807) is 31.4 Å². The Morgan fingerprint density at radius 2 is 1.79 bits per heavy atom. The van der Waals surface area contributed by atoms with Gasteiger partial charge in [0, 0.05) is 6.54 Å². The molecule has 1 fully saturated rings. The Morgan fingerprint density at radius 3 is 2.42 bits per heavy atom. The van der Waals surface area contributed by atoms with Gasteiger partial charge in [0.1, 0.15) is 5.92 Å². The summed E-state index contributed by atoms with van der Waals surface area (Å²) in [6.45, 7) is 0.267. The SMILES string of the molecule is COc1ccc(CNC(=O)[C@@H]2[C@@H](C(=O)O)[C@H]3C=C[C@@H]2O3)cc1OC. The summed E-state index contributed by atoms with van der Waals surface area (Å²) in [6.07, 6.45) is 2.47. The minimum atomic E-state index is -1.02. The molecule has 0 aromatic heterocycles. The van der Waals surface area contributed by atoms with Gasteiger partial charge in [-0.1, -0.05) is 18.2 Å². The van der Waals surface area contributed by atoms with E-state index in [1.807, 2.05) is 6.07 Å². The minimum absolute atomic E-state index is 0.267. The molecule has 2 aliphatic rings. The molecule has 24 heavy (non-hydrogen) atoms. The number of nitrogens with one attached hydrogen (secondary N) is 1. The fraction of sp³-hybridized carbons (Fsp3) is 0.412. The predicted molar refractivity (Wildman–Crippen MR) is 83.8 cm³/mol. The first-order chi connectivity index (χ1) is 11.5. The van der Waals surface area contributed by atoms with Crippen molar-refractivity contribution in [1.29, 1.82) is 0 Å². The van der Waals surface area contributed by atoms with Crippen LogP contribution >= 0.6 is 0 Å². The van der Waals surface area contributed by atoms with Crippen molar-refractivity contribution in [3.8, 4) is 11.5 Å². The lowest BCUT2D eigenvalue weighted by Crippen LogP contribution is -2.42. The molecular weight excluding hydrogens is 314 g/mol. The van der Waals surface area contributed by atoms with Gasteiger partial charge >= 0.3 is 5.97 Å². The van der Waals surface area contributed by atoms with Gasteiger partial charge in [-0.05, 0) is 17.7 Å². The number of hydrogen-bond acceptors (Lipinski definition) is 5. The Balaban J connectivity index is 1.67. The number of fused-ring (bicyclic) bond motifs is 2. The summed E-state index contributed by atoms with van der Waals surface area (Å²) >= 11 is 0. The standard InChI is InChI=1S/C17H19NO6/c1-22-10-4-3-9(7-13(10)23-2)8-18-16(19)14-11-5-6-12(24-11)15(14)17(20)21/h3-7,11-12,14-15H,8H2,1-2H3,(H,18,19)(H,20,21)/t11-,12+,14-,15-/m0/s1. The van der Waals surface area contributed by atoms with Crippen LogP contribution in [0.3, 0.4) is 0 Å². The summed E-state index contributed by atoms with van der Waals surface area (Å²) in [7, 11) is 3.09. The molecule has 7 heteroatoms. The molecular formula is C17H19NO6. The van der Waals surface area contributed by atoms with E-state index >= 15 is 0 Å². The maximum absolute atomic E-state index is 12.5. The number of hydrogen-bond donors (Lipinski definition) is 2. The first-order valence-electron chi connectivity index (χ1n) is 7.60. The molecule has 0 saturated carbocycles. The fourth-order valence-electron chi connectivity index (χ4n) is 3.21. The minimum Gasteiger partial charge on any atom is -0.493 e. The number of amides is 1. The van der Waals surface area contributed by atoms with Crippen LogP contribution < -0.4 is 14.8 Å². The quantitative estimate of drug-likeness (QED) is 0.754. The molecule has 0 aliphatic carbocycles. The second kappa shape index (κ2) is 6.52. The second-order valence-corrected chi connectivity index (χ2v) is 5.75. The highest BCUT2D eigenvalue weighted by molar-refractivity contribution is 5.87. The number of carbonyl (C=O) groups is 2. The average molecular weight is 333 g/mol. The zero-order chi connectivity index (χ0) is 17.3. The van der Waals surface area contributed by atoms with Gasteiger partial charge in [-0.3, -0.25) is 9.59 Å². The number of carboxylic acid groups (broad SMARTS) is 1. The molecule has 128 valence electrons. The molecule has 1 amide bonds. The monoisotopic (exact) mass is 333 g/mol. The highest BCUT2D eigenvalue weighted by atomic mass is 16.5. The Bertz CT molecular complexity index is 686. The topological polar surface area (TPSA) is 94.1 Å². The highest BCUT2D eigenvalue weighted by Gasteiger charge is 2.53. The number of methoxy groups -OCH3 is 2. The first kappa shape index (κ1) is 16.3. The van der Waals surface area contributed by atoms with Gasteiger partial charge < -0.3 is 24.6 Å². The van der Waals surface area contributed by atoms with Gasteiger partial charge in [-0.2, -0.15) is 0 Å². The first-order valence-corrected chi connectivity index (χ1v) is 7.60. The lowest BCUT2D eigenvalue weighted by molar-refractivity contribution is -0.146. The Hall–Kier alpha value is -2.54. The van der Waals surface area contributed by atoms with Crippen LogP contribution in [0.2, 0.25) is 0 Å². The van der Waals surface area contributed by atoms with Crippen molar-refractivity contribution in [2.45, 2.75) is 18.8 Å². The highest BCUT2D eigenvalue weighted by Crippen LogP contribution is 2.39. The van der Waals surface area contributed by atoms with Crippen molar-refractivity contribution in [1.82, 2.24) is 5.32 Å². The van der Waals surface area contributed by atoms with E-state index < -0.39 is 30.0 Å². The zero-order valence-electron chi connectivity index (χ0n) is 13.4. The Morgan fingerprint density at radius 1 is 1.12 bits per heavy atom. The molecule has 0 unspecified atom stereocenters. The van der Waals surface area contributed by atoms with E-state index in [2.05, 4.69) is 5.32 Å². The molecule has 0 spiro atoms. The van der Waals surface area contributed by atoms with Crippen molar-refractivity contribution < 1.29 is 28.9 Å². The van der Waals surface area contributed by atoms with Gasteiger partial charge in [0.05, 0.1) is 32.3 Å². The van der Waals surface area contributed by atoms with E-state index in [0.717, 1.165) is 5.56 Å². The van der Waals surface area contributed by atoms with Crippen molar-refractivity contribution >= 4 is 11.9 Å². The molecule has 2 aliphatic heterocycles. The average Bonchev–Trinajstić information content (AvgIpc) is 3.20. The molecule has 2 N–H and O–H groups in total. The van der Waals surface area contributed by atoms with Gasteiger partial charge in [0.2, 0.25) is 5.91 Å². The maximum Gasteiger partial charge on any atom is 0.310 e. The van der Waals surface area contributed by atoms with Gasteiger partial charge in [0.15, 0.2) is 11.5 Å². The van der Waals surface area contributed by atoms with Crippen molar-refractivity contribution in [3.05, 3.63) is 35.9 Å². The lowest BCUT2D eigenvalue weighted by Gasteiger charge is -2.21. The molecule has 1 aromatic rings. The van der Waals surface area contributed by atoms with Crippen molar-refractivity contribution in [3.63, 3.8) is 0 Å². The third-order valence-electron chi connectivity index (χ3n) is 4.40. The second-order valence-electron chi connectivity index (χ2n) is 5.75. The molecule has 3 rings (SSSR count). The van der Waals surface area contributed by atoms with Gasteiger partial charge in [-0.15, -0.1) is 0 Å². The molecule has 2 heterocycles. The lowest BCUT2D eigenvalue weighted by atomic mass is 9.82. The molecule has 2 bridgehead atoms. The molecule has 0 radical (unpaired) electrons. The number of ether oxygens (including phenoxy) is 3. The molecule has 4 atom stereocenters. The van der Waals surface area contributed by atoms with E-state index in [-0.39, 0.29) is 12.5 Å². The van der Waals surface area contributed by atoms with Crippen molar-refractivity contribution in [2.24, 2.45) is 11.8 Å². The third-order valence-corrected chi connectivity index (χ3v) is 4.40. The van der Waals surface area contributed by atoms with Crippen molar-refractivity contribution in [2.75, 3.05) is 14.2 Å². The smallest absolute Gasteiger partial charge is 0.310 e. The normalized spacial score (nSPS) is 27.1. The fourth-order valence-corrected chi connectivity index (χ4v) is 3.21. The number of carboxylic acids is 1. The number of carbonyl (C=O) groups excluding carboxylic acids is 1. The molecule has 1 saturated heterocycles. The van der Waals surface area contributed by atoms with Crippen LogP contribution in [0, 0.1) is 11.8 Å². The maximum atomic E-state index is 12.5. The number of aliphatic carboxylic acids is 1. The predicted octanol–water partition coefficient (Wildman–Crippen LogP) is 0.974. The van der Waals surface area contributed by atoms with Crippen LogP contribution in [0.4, 0.5) is 0 Å². The van der Waals surface area contributed by atoms with Crippen LogP contribution in [0.25, 0.3) is 0 Å². The van der Waals surface area contributed by atoms with E-state index in [9.17, 15) is 14.7 Å². The van der Waals surface area contributed by atoms with Gasteiger partial charge in [0.25, 0.3) is 0 Å². The van der Waals surface area contributed by atoms with Crippen LogP contribution in [0.5, 0.6) is 11.5 Å². The summed E-state index contributed by atoms with van der Waals surface area (Å²) in [4.78, 5) is 23.9. The van der Waals surface area contributed by atoms with Crippen LogP contribution in [0.1, 0.15) is 5.56 Å². The summed E-state index contributed by atoms with van der Waals surface area (Å²) in [5.41, 5.74) is 0.826. The summed E-state index contributed by atoms with van der Waals surface area (Å²) < 4.78 is 15.9. The number of rotatable bonds is 6. The number of benzene rings is 1. The van der Waals surface area contributed by atoms with E-state index in [1.165, 1.54) is 7.11 Å².